The van der Waals surface area contributed by atoms with Crippen molar-refractivity contribution >= 4 is 17.0 Å². The molecule has 0 fully saturated rings. The highest BCUT2D eigenvalue weighted by Gasteiger charge is 2.12. The Hall–Kier alpha value is -2.82. The van der Waals surface area contributed by atoms with Gasteiger partial charge in [0.15, 0.2) is 0 Å². The molecule has 5 heteroatoms. The molecule has 3 rings (SSSR count). The summed E-state index contributed by atoms with van der Waals surface area (Å²) in [6.45, 7) is 0. The molecule has 1 heterocycles. The Bertz CT molecular complexity index is 775. The first kappa shape index (κ1) is 13.2. The van der Waals surface area contributed by atoms with Crippen LogP contribution in [-0.2, 0) is 4.74 Å². The predicted molar refractivity (Wildman–Crippen MR) is 79.4 cm³/mol. The van der Waals surface area contributed by atoms with Crippen LogP contribution in [0.1, 0.15) is 10.4 Å². The minimum atomic E-state index is -0.411. The van der Waals surface area contributed by atoms with Gasteiger partial charge in [-0.25, -0.2) is 9.78 Å². The van der Waals surface area contributed by atoms with E-state index < -0.39 is 5.97 Å². The third-order valence-corrected chi connectivity index (χ3v) is 3.23. The highest BCUT2D eigenvalue weighted by molar-refractivity contribution is 5.91. The summed E-state index contributed by atoms with van der Waals surface area (Å²) in [7, 11) is 2.90. The Morgan fingerprint density at radius 1 is 1.14 bits per heavy atom. The molecule has 0 aliphatic heterocycles. The first-order valence-corrected chi connectivity index (χ1v) is 6.44. The average molecular weight is 282 g/mol. The Labute approximate surface area is 121 Å². The normalized spacial score (nSPS) is 10.6. The van der Waals surface area contributed by atoms with Crippen LogP contribution in [0.4, 0.5) is 0 Å². The first-order chi connectivity index (χ1) is 10.2. The number of hydrogen-bond acceptors (Lipinski definition) is 4. The van der Waals surface area contributed by atoms with E-state index in [0.29, 0.717) is 17.1 Å². The fraction of sp³-hybridized carbons (Fsp3) is 0.125. The van der Waals surface area contributed by atoms with Gasteiger partial charge in [-0.2, -0.15) is 0 Å². The van der Waals surface area contributed by atoms with E-state index in [1.807, 2.05) is 30.3 Å². The SMILES string of the molecule is COC(=O)c1cc(OC)cc(-c2nc3ccccc3[nH]2)c1. The number of esters is 1. The van der Waals surface area contributed by atoms with Crippen molar-refractivity contribution in [1.29, 1.82) is 0 Å². The molecular formula is C16H14N2O3. The second-order valence-corrected chi connectivity index (χ2v) is 4.54. The molecule has 3 aromatic rings. The number of carbonyl (C=O) groups excluding carboxylic acids is 1. The van der Waals surface area contributed by atoms with Gasteiger partial charge in [0.25, 0.3) is 0 Å². The molecule has 5 nitrogen and oxygen atoms in total. The number of methoxy groups -OCH3 is 2. The zero-order chi connectivity index (χ0) is 14.8. The molecule has 1 N–H and O–H groups in total. The van der Waals surface area contributed by atoms with Crippen molar-refractivity contribution in [2.75, 3.05) is 14.2 Å². The summed E-state index contributed by atoms with van der Waals surface area (Å²) >= 11 is 0. The quantitative estimate of drug-likeness (QED) is 0.750. The number of benzene rings is 2. The van der Waals surface area contributed by atoms with Crippen molar-refractivity contribution in [3.63, 3.8) is 0 Å². The molecule has 0 aliphatic rings. The van der Waals surface area contributed by atoms with Gasteiger partial charge in [-0.1, -0.05) is 12.1 Å². The Morgan fingerprint density at radius 3 is 2.67 bits per heavy atom. The fourth-order valence-electron chi connectivity index (χ4n) is 2.18. The Kier molecular flexibility index (Phi) is 3.31. The molecule has 0 atom stereocenters. The number of carbonyl (C=O) groups is 1. The lowest BCUT2D eigenvalue weighted by Crippen LogP contribution is -2.02. The van der Waals surface area contributed by atoms with Crippen molar-refractivity contribution in [3.8, 4) is 17.1 Å². The van der Waals surface area contributed by atoms with Crippen LogP contribution in [0.3, 0.4) is 0 Å². The van der Waals surface area contributed by atoms with Crippen LogP contribution in [0, 0.1) is 0 Å². The maximum Gasteiger partial charge on any atom is 0.338 e. The molecule has 0 unspecified atom stereocenters. The lowest BCUT2D eigenvalue weighted by Gasteiger charge is -2.06. The molecule has 0 aliphatic carbocycles. The van der Waals surface area contributed by atoms with Crippen LogP contribution < -0.4 is 4.74 Å². The van der Waals surface area contributed by atoms with Gasteiger partial charge in [0.1, 0.15) is 11.6 Å². The van der Waals surface area contributed by atoms with E-state index in [1.54, 1.807) is 19.2 Å². The van der Waals surface area contributed by atoms with Crippen molar-refractivity contribution in [2.24, 2.45) is 0 Å². The summed E-state index contributed by atoms with van der Waals surface area (Å²) < 4.78 is 10.00. The molecular weight excluding hydrogens is 268 g/mol. The number of aromatic amines is 1. The van der Waals surface area contributed by atoms with E-state index >= 15 is 0 Å². The molecule has 0 amide bonds. The summed E-state index contributed by atoms with van der Waals surface area (Å²) in [5, 5.41) is 0. The van der Waals surface area contributed by atoms with Gasteiger partial charge in [-0.05, 0) is 30.3 Å². The van der Waals surface area contributed by atoms with Gasteiger partial charge >= 0.3 is 5.97 Å². The van der Waals surface area contributed by atoms with Crippen LogP contribution in [-0.4, -0.2) is 30.2 Å². The van der Waals surface area contributed by atoms with Crippen molar-refractivity contribution < 1.29 is 14.3 Å². The smallest absolute Gasteiger partial charge is 0.338 e. The van der Waals surface area contributed by atoms with Gasteiger partial charge in [0.2, 0.25) is 0 Å². The van der Waals surface area contributed by atoms with Crippen molar-refractivity contribution in [3.05, 3.63) is 48.0 Å². The Morgan fingerprint density at radius 2 is 1.95 bits per heavy atom. The van der Waals surface area contributed by atoms with E-state index in [9.17, 15) is 4.79 Å². The monoisotopic (exact) mass is 282 g/mol. The van der Waals surface area contributed by atoms with Gasteiger partial charge in [0.05, 0.1) is 30.8 Å². The number of rotatable bonds is 3. The fourth-order valence-corrected chi connectivity index (χ4v) is 2.18. The number of H-pyrrole nitrogens is 1. The standard InChI is InChI=1S/C16H14N2O3/c1-20-12-8-10(7-11(9-12)16(19)21-2)15-17-13-5-3-4-6-14(13)18-15/h3-9H,1-2H3,(H,17,18). The van der Waals surface area contributed by atoms with Gasteiger partial charge in [-0.3, -0.25) is 0 Å². The maximum absolute atomic E-state index is 11.7. The number of imidazole rings is 1. The van der Waals surface area contributed by atoms with E-state index in [1.165, 1.54) is 7.11 Å². The molecule has 0 saturated heterocycles. The third kappa shape index (κ3) is 2.45. The number of aromatic nitrogens is 2. The number of hydrogen-bond donors (Lipinski definition) is 1. The predicted octanol–water partition coefficient (Wildman–Crippen LogP) is 3.03. The van der Waals surface area contributed by atoms with E-state index in [2.05, 4.69) is 9.97 Å². The van der Waals surface area contributed by atoms with E-state index in [4.69, 9.17) is 9.47 Å². The van der Waals surface area contributed by atoms with Crippen molar-refractivity contribution in [1.82, 2.24) is 9.97 Å². The van der Waals surface area contributed by atoms with Gasteiger partial charge < -0.3 is 14.5 Å². The van der Waals surface area contributed by atoms with Gasteiger partial charge in [0, 0.05) is 5.56 Å². The minimum absolute atomic E-state index is 0.411. The van der Waals surface area contributed by atoms with Crippen LogP contribution in [0.5, 0.6) is 5.75 Å². The summed E-state index contributed by atoms with van der Waals surface area (Å²) in [5.74, 6) is 0.847. The lowest BCUT2D eigenvalue weighted by atomic mass is 10.1. The lowest BCUT2D eigenvalue weighted by molar-refractivity contribution is 0.0600. The zero-order valence-corrected chi connectivity index (χ0v) is 11.7. The number of nitrogens with zero attached hydrogens (tertiary/aromatic N) is 1. The molecule has 1 aromatic heterocycles. The largest absolute Gasteiger partial charge is 0.497 e. The van der Waals surface area contributed by atoms with E-state index in [-0.39, 0.29) is 0 Å². The maximum atomic E-state index is 11.7. The highest BCUT2D eigenvalue weighted by atomic mass is 16.5. The number of nitrogens with one attached hydrogen (secondary N) is 1. The Balaban J connectivity index is 2.14. The zero-order valence-electron chi connectivity index (χ0n) is 11.7. The second kappa shape index (κ2) is 5.28. The van der Waals surface area contributed by atoms with Crippen molar-refractivity contribution in [2.45, 2.75) is 0 Å². The highest BCUT2D eigenvalue weighted by Crippen LogP contribution is 2.26. The van der Waals surface area contributed by atoms with Gasteiger partial charge in [-0.15, -0.1) is 0 Å². The third-order valence-electron chi connectivity index (χ3n) is 3.23. The molecule has 0 spiro atoms. The van der Waals surface area contributed by atoms with Crippen LogP contribution in [0.15, 0.2) is 42.5 Å². The van der Waals surface area contributed by atoms with Crippen LogP contribution >= 0.6 is 0 Å². The topological polar surface area (TPSA) is 64.2 Å². The summed E-state index contributed by atoms with van der Waals surface area (Å²) in [6.07, 6.45) is 0. The molecule has 0 radical (unpaired) electrons. The summed E-state index contributed by atoms with van der Waals surface area (Å²) in [5.41, 5.74) is 3.00. The molecule has 0 bridgehead atoms. The molecule has 0 saturated carbocycles. The van der Waals surface area contributed by atoms with E-state index in [0.717, 1.165) is 16.6 Å². The minimum Gasteiger partial charge on any atom is -0.497 e. The number of para-hydroxylation sites is 2. The molecule has 106 valence electrons. The first-order valence-electron chi connectivity index (χ1n) is 6.44. The second-order valence-electron chi connectivity index (χ2n) is 4.54. The summed E-state index contributed by atoms with van der Waals surface area (Å²) in [6, 6.07) is 12.9. The molecule has 21 heavy (non-hydrogen) atoms. The average Bonchev–Trinajstić information content (AvgIpc) is 2.97. The summed E-state index contributed by atoms with van der Waals surface area (Å²) in [4.78, 5) is 19.5. The van der Waals surface area contributed by atoms with Crippen LogP contribution in [0.2, 0.25) is 0 Å². The number of ether oxygens (including phenoxy) is 2. The van der Waals surface area contributed by atoms with Crippen LogP contribution in [0.25, 0.3) is 22.4 Å². The number of fused-ring (bicyclic) bond motifs is 1. The molecule has 2 aromatic carbocycles.